The quantitative estimate of drug-likeness (QED) is 0.424. The molecule has 0 aliphatic carbocycles. The zero-order chi connectivity index (χ0) is 20.4. The van der Waals surface area contributed by atoms with Crippen molar-refractivity contribution in [1.29, 1.82) is 0 Å². The third-order valence-electron chi connectivity index (χ3n) is 4.81. The topological polar surface area (TPSA) is 58.4 Å². The van der Waals surface area contributed by atoms with Gasteiger partial charge in [-0.05, 0) is 48.0 Å². The van der Waals surface area contributed by atoms with Crippen LogP contribution in [0.4, 0.5) is 0 Å². The molecule has 0 N–H and O–H groups in total. The van der Waals surface area contributed by atoms with Gasteiger partial charge in [0.1, 0.15) is 41.0 Å². The zero-order valence-corrected chi connectivity index (χ0v) is 17.1. The number of fused-ring (bicyclic) bond motifs is 1. The summed E-state index contributed by atoms with van der Waals surface area (Å²) in [6.07, 6.45) is 1.47. The lowest BCUT2D eigenvalue weighted by atomic mass is 10.1. The number of benzene rings is 2. The highest BCUT2D eigenvalue weighted by molar-refractivity contribution is 6.34. The number of aryl methyl sites for hydroxylation is 1. The highest BCUT2D eigenvalue weighted by Gasteiger charge is 2.12. The molecule has 0 fully saturated rings. The fourth-order valence-electron chi connectivity index (χ4n) is 3.24. The molecule has 0 amide bonds. The van der Waals surface area contributed by atoms with Gasteiger partial charge in [0.2, 0.25) is 0 Å². The monoisotopic (exact) mass is 409 g/mol. The first kappa shape index (κ1) is 19.1. The summed E-state index contributed by atoms with van der Waals surface area (Å²) >= 11 is 6.20. The minimum absolute atomic E-state index is 0.395. The van der Waals surface area contributed by atoms with Gasteiger partial charge in [-0.25, -0.2) is 9.97 Å². The molecule has 0 spiro atoms. The Morgan fingerprint density at radius 1 is 0.931 bits per heavy atom. The van der Waals surface area contributed by atoms with E-state index in [0.29, 0.717) is 11.8 Å². The summed E-state index contributed by atoms with van der Waals surface area (Å²) in [6.45, 7) is 0.395. The van der Waals surface area contributed by atoms with E-state index >= 15 is 0 Å². The van der Waals surface area contributed by atoms with Gasteiger partial charge in [-0.2, -0.15) is 0 Å². The number of methoxy groups -OCH3 is 2. The van der Waals surface area contributed by atoms with Gasteiger partial charge in [-0.3, -0.25) is 0 Å². The van der Waals surface area contributed by atoms with Crippen molar-refractivity contribution in [3.63, 3.8) is 0 Å². The van der Waals surface area contributed by atoms with Crippen LogP contribution in [0.5, 0.6) is 17.2 Å². The molecular weight excluding hydrogens is 390 g/mol. The van der Waals surface area contributed by atoms with Crippen LogP contribution in [0.25, 0.3) is 22.3 Å². The van der Waals surface area contributed by atoms with E-state index in [1.54, 1.807) is 14.2 Å². The lowest BCUT2D eigenvalue weighted by Crippen LogP contribution is -1.99. The summed E-state index contributed by atoms with van der Waals surface area (Å²) in [5.41, 5.74) is 3.79. The first-order chi connectivity index (χ1) is 14.1. The summed E-state index contributed by atoms with van der Waals surface area (Å²) in [4.78, 5) is 8.37. The molecule has 2 aromatic carbocycles. The summed E-state index contributed by atoms with van der Waals surface area (Å²) in [5.74, 6) is 2.24. The molecule has 4 aromatic rings. The van der Waals surface area contributed by atoms with Crippen molar-refractivity contribution in [1.82, 2.24) is 14.5 Å². The summed E-state index contributed by atoms with van der Waals surface area (Å²) in [5, 5.41) is 1.28. The highest BCUT2D eigenvalue weighted by atomic mass is 35.5. The van der Waals surface area contributed by atoms with Crippen LogP contribution in [-0.4, -0.2) is 28.8 Å². The van der Waals surface area contributed by atoms with Gasteiger partial charge in [0, 0.05) is 18.7 Å². The second kappa shape index (κ2) is 8.01. The molecule has 2 heterocycles. The van der Waals surface area contributed by atoms with Crippen molar-refractivity contribution in [2.24, 2.45) is 7.05 Å². The van der Waals surface area contributed by atoms with Gasteiger partial charge in [0.05, 0.1) is 25.3 Å². The van der Waals surface area contributed by atoms with E-state index in [1.807, 2.05) is 60.1 Å². The van der Waals surface area contributed by atoms with Crippen molar-refractivity contribution in [2.45, 2.75) is 6.61 Å². The largest absolute Gasteiger partial charge is 0.497 e. The molecule has 0 saturated carbocycles. The minimum Gasteiger partial charge on any atom is -0.497 e. The number of aromatic nitrogens is 3. The predicted molar refractivity (Wildman–Crippen MR) is 113 cm³/mol. The van der Waals surface area contributed by atoms with E-state index in [0.717, 1.165) is 45.1 Å². The average molecular weight is 410 g/mol. The molecule has 0 saturated heterocycles. The molecule has 0 aliphatic heterocycles. The smallest absolute Gasteiger partial charge is 0.145 e. The van der Waals surface area contributed by atoms with Crippen molar-refractivity contribution >= 4 is 22.6 Å². The first-order valence-electron chi connectivity index (χ1n) is 9.00. The van der Waals surface area contributed by atoms with Crippen LogP contribution in [0.3, 0.4) is 0 Å². The molecule has 0 radical (unpaired) electrons. The van der Waals surface area contributed by atoms with Crippen LogP contribution in [-0.2, 0) is 13.7 Å². The Morgan fingerprint density at radius 2 is 1.69 bits per heavy atom. The first-order valence-corrected chi connectivity index (χ1v) is 9.38. The molecule has 0 atom stereocenters. The second-order valence-electron chi connectivity index (χ2n) is 6.48. The SMILES string of the molecule is COc1ccc(COc2ccc(-c3cc4c(Cl)ncnc4n3C)cc2)c(OC)c1. The lowest BCUT2D eigenvalue weighted by molar-refractivity contribution is 0.296. The number of nitrogens with zero attached hydrogens (tertiary/aromatic N) is 3. The van der Waals surface area contributed by atoms with E-state index in [2.05, 4.69) is 9.97 Å². The summed E-state index contributed by atoms with van der Waals surface area (Å²) in [7, 11) is 5.22. The maximum Gasteiger partial charge on any atom is 0.145 e. The van der Waals surface area contributed by atoms with Gasteiger partial charge in [0.25, 0.3) is 0 Å². The molecule has 29 heavy (non-hydrogen) atoms. The molecule has 2 aromatic heterocycles. The Bertz CT molecular complexity index is 1160. The van der Waals surface area contributed by atoms with Crippen LogP contribution in [0, 0.1) is 0 Å². The number of halogens is 1. The summed E-state index contributed by atoms with van der Waals surface area (Å²) < 4.78 is 18.6. The van der Waals surface area contributed by atoms with Crippen LogP contribution in [0.15, 0.2) is 54.9 Å². The maximum absolute atomic E-state index is 6.20. The maximum atomic E-state index is 6.20. The van der Waals surface area contributed by atoms with Crippen molar-refractivity contribution in [3.05, 3.63) is 65.6 Å². The Balaban J connectivity index is 1.53. The van der Waals surface area contributed by atoms with Gasteiger partial charge in [-0.1, -0.05) is 11.6 Å². The van der Waals surface area contributed by atoms with Gasteiger partial charge < -0.3 is 18.8 Å². The average Bonchev–Trinajstić information content (AvgIpc) is 3.10. The Labute approximate surface area is 173 Å². The fourth-order valence-corrected chi connectivity index (χ4v) is 3.42. The van der Waals surface area contributed by atoms with Crippen LogP contribution in [0.1, 0.15) is 5.56 Å². The lowest BCUT2D eigenvalue weighted by Gasteiger charge is -2.12. The normalized spacial score (nSPS) is 10.9. The standard InChI is InChI=1S/C22H20ClN3O3/c1-26-19(11-18-21(23)24-13-25-22(18)26)14-4-7-16(8-5-14)29-12-15-6-9-17(27-2)10-20(15)28-3/h4-11,13H,12H2,1-3H3. The van der Waals surface area contributed by atoms with E-state index < -0.39 is 0 Å². The molecular formula is C22H20ClN3O3. The highest BCUT2D eigenvalue weighted by Crippen LogP contribution is 2.31. The van der Waals surface area contributed by atoms with Crippen molar-refractivity contribution in [2.75, 3.05) is 14.2 Å². The third kappa shape index (κ3) is 3.71. The molecule has 0 aliphatic rings. The number of rotatable bonds is 6. The molecule has 6 nitrogen and oxygen atoms in total. The third-order valence-corrected chi connectivity index (χ3v) is 5.11. The molecule has 0 bridgehead atoms. The van der Waals surface area contributed by atoms with Gasteiger partial charge in [-0.15, -0.1) is 0 Å². The number of ether oxygens (including phenoxy) is 3. The Kier molecular flexibility index (Phi) is 5.27. The van der Waals surface area contributed by atoms with E-state index in [4.69, 9.17) is 25.8 Å². The van der Waals surface area contributed by atoms with Crippen LogP contribution >= 0.6 is 11.6 Å². The van der Waals surface area contributed by atoms with E-state index in [-0.39, 0.29) is 0 Å². The fraction of sp³-hybridized carbons (Fsp3) is 0.182. The Hall–Kier alpha value is -3.25. The number of hydrogen-bond acceptors (Lipinski definition) is 5. The molecule has 4 rings (SSSR count). The number of hydrogen-bond donors (Lipinski definition) is 0. The molecule has 0 unspecified atom stereocenters. The molecule has 148 valence electrons. The van der Waals surface area contributed by atoms with Crippen LogP contribution < -0.4 is 14.2 Å². The van der Waals surface area contributed by atoms with Gasteiger partial charge in [0.15, 0.2) is 0 Å². The minimum atomic E-state index is 0.395. The Morgan fingerprint density at radius 3 is 2.38 bits per heavy atom. The van der Waals surface area contributed by atoms with Crippen LogP contribution in [0.2, 0.25) is 5.15 Å². The van der Waals surface area contributed by atoms with E-state index in [1.165, 1.54) is 6.33 Å². The summed E-state index contributed by atoms with van der Waals surface area (Å²) in [6, 6.07) is 15.6. The predicted octanol–water partition coefficient (Wildman–Crippen LogP) is 4.88. The van der Waals surface area contributed by atoms with E-state index in [9.17, 15) is 0 Å². The zero-order valence-electron chi connectivity index (χ0n) is 16.3. The molecule has 7 heteroatoms. The van der Waals surface area contributed by atoms with Gasteiger partial charge >= 0.3 is 0 Å². The van der Waals surface area contributed by atoms with Crippen molar-refractivity contribution in [3.8, 4) is 28.5 Å². The van der Waals surface area contributed by atoms with Crippen molar-refractivity contribution < 1.29 is 14.2 Å². The second-order valence-corrected chi connectivity index (χ2v) is 6.84.